The van der Waals surface area contributed by atoms with E-state index in [-0.39, 0.29) is 18.8 Å². The summed E-state index contributed by atoms with van der Waals surface area (Å²) in [6.45, 7) is 2.86. The zero-order valence-electron chi connectivity index (χ0n) is 17.0. The molecule has 13 nitrogen and oxygen atoms in total. The van der Waals surface area contributed by atoms with Crippen molar-refractivity contribution in [2.24, 2.45) is 23.1 Å². The van der Waals surface area contributed by atoms with Gasteiger partial charge in [-0.25, -0.2) is 4.79 Å². The number of hydrogen-bond acceptors (Lipinski definition) is 7. The molecule has 4 unspecified atom stereocenters. The Morgan fingerprint density at radius 1 is 0.967 bits per heavy atom. The molecule has 0 rings (SSSR count). The molecule has 0 fully saturated rings. The molecule has 0 aromatic rings. The van der Waals surface area contributed by atoms with E-state index in [1.807, 2.05) is 0 Å². The van der Waals surface area contributed by atoms with Gasteiger partial charge in [-0.2, -0.15) is 0 Å². The molecule has 4 atom stereocenters. The van der Waals surface area contributed by atoms with Crippen LogP contribution in [0.15, 0.2) is 0 Å². The van der Waals surface area contributed by atoms with Gasteiger partial charge in [-0.05, 0) is 12.3 Å². The van der Waals surface area contributed by atoms with Gasteiger partial charge in [0, 0.05) is 6.42 Å². The van der Waals surface area contributed by atoms with Gasteiger partial charge in [0.1, 0.15) is 12.1 Å². The van der Waals surface area contributed by atoms with Gasteiger partial charge in [0.15, 0.2) is 0 Å². The van der Waals surface area contributed by atoms with Gasteiger partial charge < -0.3 is 38.3 Å². The van der Waals surface area contributed by atoms with Crippen molar-refractivity contribution in [3.63, 3.8) is 0 Å². The van der Waals surface area contributed by atoms with Crippen LogP contribution in [0, 0.1) is 5.92 Å². The van der Waals surface area contributed by atoms with Gasteiger partial charge in [-0.15, -0.1) is 0 Å². The summed E-state index contributed by atoms with van der Waals surface area (Å²) in [4.78, 5) is 69.5. The molecule has 0 radical (unpaired) electrons. The van der Waals surface area contributed by atoms with Crippen molar-refractivity contribution in [1.29, 1.82) is 0 Å². The maximum absolute atomic E-state index is 12.3. The second-order valence-electron chi connectivity index (χ2n) is 6.83. The van der Waals surface area contributed by atoms with Crippen molar-refractivity contribution >= 4 is 35.5 Å². The molecule has 0 heterocycles. The Hall–Kier alpha value is -3.22. The number of carbonyl (C=O) groups excluding carboxylic acids is 5. The standard InChI is InChI=1S/C17H30N6O7/c1-3-8(2)14(17(29)30)23-13(26)7-21-16(28)10(4-5-11(19)24)22-15(27)9(18)6-12(20)25/h8-10,14H,3-7,18H2,1-2H3,(H2,19,24)(H2,20,25)(H,21,28)(H,22,27)(H,23,26)(H,29,30). The smallest absolute Gasteiger partial charge is 0.326 e. The quantitative estimate of drug-likeness (QED) is 0.147. The van der Waals surface area contributed by atoms with Crippen LogP contribution in [0.1, 0.15) is 39.5 Å². The normalized spacial score (nSPS) is 14.5. The highest BCUT2D eigenvalue weighted by atomic mass is 16.4. The molecular weight excluding hydrogens is 400 g/mol. The lowest BCUT2D eigenvalue weighted by Crippen LogP contribution is -2.54. The predicted octanol–water partition coefficient (Wildman–Crippen LogP) is -3.33. The zero-order chi connectivity index (χ0) is 23.4. The summed E-state index contributed by atoms with van der Waals surface area (Å²) in [5.74, 6) is -5.51. The summed E-state index contributed by atoms with van der Waals surface area (Å²) in [5, 5.41) is 16.0. The molecule has 0 aliphatic heterocycles. The monoisotopic (exact) mass is 430 g/mol. The fourth-order valence-electron chi connectivity index (χ4n) is 2.34. The fraction of sp³-hybridized carbons (Fsp3) is 0.647. The molecule has 0 aromatic heterocycles. The molecule has 5 amide bonds. The summed E-state index contributed by atoms with van der Waals surface area (Å²) in [7, 11) is 0. The van der Waals surface area contributed by atoms with Crippen molar-refractivity contribution in [2.45, 2.75) is 57.7 Å². The van der Waals surface area contributed by atoms with E-state index in [0.717, 1.165) is 0 Å². The molecule has 30 heavy (non-hydrogen) atoms. The van der Waals surface area contributed by atoms with Crippen LogP contribution >= 0.6 is 0 Å². The minimum atomic E-state index is -1.30. The minimum absolute atomic E-state index is 0.178. The minimum Gasteiger partial charge on any atom is -0.480 e. The second kappa shape index (κ2) is 13.1. The van der Waals surface area contributed by atoms with Crippen molar-refractivity contribution in [3.8, 4) is 0 Å². The van der Waals surface area contributed by atoms with Gasteiger partial charge in [0.05, 0.1) is 19.0 Å². The van der Waals surface area contributed by atoms with E-state index >= 15 is 0 Å². The number of aliphatic carboxylic acids is 1. The van der Waals surface area contributed by atoms with Crippen molar-refractivity contribution in [2.75, 3.05) is 6.54 Å². The Balaban J connectivity index is 4.96. The number of amides is 5. The van der Waals surface area contributed by atoms with Crippen LogP contribution in [0.25, 0.3) is 0 Å². The first-order valence-corrected chi connectivity index (χ1v) is 9.31. The summed E-state index contributed by atoms with van der Waals surface area (Å²) in [5.41, 5.74) is 15.5. The maximum Gasteiger partial charge on any atom is 0.326 e. The molecule has 0 aromatic carbocycles. The molecule has 170 valence electrons. The third-order valence-corrected chi connectivity index (χ3v) is 4.29. The molecule has 0 saturated heterocycles. The van der Waals surface area contributed by atoms with E-state index in [9.17, 15) is 33.9 Å². The molecular formula is C17H30N6O7. The van der Waals surface area contributed by atoms with Gasteiger partial charge >= 0.3 is 5.97 Å². The summed E-state index contributed by atoms with van der Waals surface area (Å²) in [6.07, 6.45) is -0.367. The van der Waals surface area contributed by atoms with Crippen LogP contribution in [0.4, 0.5) is 0 Å². The Labute approximate surface area is 173 Å². The molecule has 0 aliphatic rings. The molecule has 0 bridgehead atoms. The Morgan fingerprint density at radius 3 is 2.03 bits per heavy atom. The average molecular weight is 430 g/mol. The van der Waals surface area contributed by atoms with Gasteiger partial charge in [0.2, 0.25) is 29.5 Å². The molecule has 10 N–H and O–H groups in total. The summed E-state index contributed by atoms with van der Waals surface area (Å²) in [6, 6.07) is -3.69. The van der Waals surface area contributed by atoms with E-state index in [1.165, 1.54) is 0 Å². The van der Waals surface area contributed by atoms with Crippen LogP contribution in [0.5, 0.6) is 0 Å². The molecule has 0 spiro atoms. The number of rotatable bonds is 14. The van der Waals surface area contributed by atoms with E-state index in [0.29, 0.717) is 6.42 Å². The highest BCUT2D eigenvalue weighted by molar-refractivity contribution is 5.94. The molecule has 13 heteroatoms. The van der Waals surface area contributed by atoms with Crippen molar-refractivity contribution in [1.82, 2.24) is 16.0 Å². The van der Waals surface area contributed by atoms with E-state index in [2.05, 4.69) is 16.0 Å². The number of carboxylic acid groups (broad SMARTS) is 1. The van der Waals surface area contributed by atoms with Gasteiger partial charge in [-0.3, -0.25) is 24.0 Å². The third-order valence-electron chi connectivity index (χ3n) is 4.29. The van der Waals surface area contributed by atoms with Crippen LogP contribution in [-0.4, -0.2) is 65.3 Å². The number of nitrogens with one attached hydrogen (secondary N) is 3. The first kappa shape index (κ1) is 26.8. The third kappa shape index (κ3) is 10.4. The SMILES string of the molecule is CCC(C)C(NC(=O)CNC(=O)C(CCC(N)=O)NC(=O)C(N)CC(N)=O)C(=O)O. The molecule has 0 aliphatic carbocycles. The van der Waals surface area contributed by atoms with E-state index in [1.54, 1.807) is 13.8 Å². The van der Waals surface area contributed by atoms with Crippen molar-refractivity contribution in [3.05, 3.63) is 0 Å². The molecule has 0 saturated carbocycles. The number of primary amides is 2. The summed E-state index contributed by atoms with van der Waals surface area (Å²) >= 11 is 0. The van der Waals surface area contributed by atoms with E-state index in [4.69, 9.17) is 17.2 Å². The Kier molecular flexibility index (Phi) is 11.7. The van der Waals surface area contributed by atoms with Crippen molar-refractivity contribution < 1.29 is 33.9 Å². The topological polar surface area (TPSA) is 237 Å². The number of carbonyl (C=O) groups is 6. The lowest BCUT2D eigenvalue weighted by Gasteiger charge is -2.22. The lowest BCUT2D eigenvalue weighted by molar-refractivity contribution is -0.143. The van der Waals surface area contributed by atoms with Crippen LogP contribution < -0.4 is 33.2 Å². The van der Waals surface area contributed by atoms with Crippen LogP contribution in [0.2, 0.25) is 0 Å². The second-order valence-corrected chi connectivity index (χ2v) is 6.83. The number of nitrogens with two attached hydrogens (primary N) is 3. The fourth-order valence-corrected chi connectivity index (χ4v) is 2.34. The highest BCUT2D eigenvalue weighted by Crippen LogP contribution is 2.07. The van der Waals surface area contributed by atoms with E-state index < -0.39 is 66.6 Å². The van der Waals surface area contributed by atoms with Gasteiger partial charge in [-0.1, -0.05) is 20.3 Å². The van der Waals surface area contributed by atoms with Gasteiger partial charge in [0.25, 0.3) is 0 Å². The first-order valence-electron chi connectivity index (χ1n) is 9.31. The first-order chi connectivity index (χ1) is 13.9. The van der Waals surface area contributed by atoms with Crippen LogP contribution in [0.3, 0.4) is 0 Å². The Morgan fingerprint density at radius 2 is 1.57 bits per heavy atom. The maximum atomic E-state index is 12.3. The lowest BCUT2D eigenvalue weighted by atomic mass is 9.99. The predicted molar refractivity (Wildman–Crippen MR) is 104 cm³/mol. The average Bonchev–Trinajstić information content (AvgIpc) is 2.65. The van der Waals surface area contributed by atoms with Crippen LogP contribution in [-0.2, 0) is 28.8 Å². The summed E-state index contributed by atoms with van der Waals surface area (Å²) < 4.78 is 0. The number of hydrogen-bond donors (Lipinski definition) is 7. The largest absolute Gasteiger partial charge is 0.480 e. The highest BCUT2D eigenvalue weighted by Gasteiger charge is 2.27. The number of carboxylic acids is 1. The zero-order valence-corrected chi connectivity index (χ0v) is 17.0. The Bertz CT molecular complexity index is 669.